The van der Waals surface area contributed by atoms with Crippen LogP contribution >= 0.6 is 0 Å². The molecule has 0 spiro atoms. The lowest BCUT2D eigenvalue weighted by Gasteiger charge is -1.98. The van der Waals surface area contributed by atoms with Crippen molar-refractivity contribution in [3.8, 4) is 0 Å². The van der Waals surface area contributed by atoms with Crippen molar-refractivity contribution in [1.29, 1.82) is 0 Å². The van der Waals surface area contributed by atoms with Gasteiger partial charge < -0.3 is 16.9 Å². The fraction of sp³-hybridized carbons (Fsp3) is 1.00. The van der Waals surface area contributed by atoms with E-state index in [1.54, 1.807) is 0 Å². The summed E-state index contributed by atoms with van der Waals surface area (Å²) in [6, 6.07) is 0. The van der Waals surface area contributed by atoms with E-state index in [9.17, 15) is 0 Å². The van der Waals surface area contributed by atoms with Crippen LogP contribution in [-0.4, -0.2) is 12.1 Å². The fourth-order valence-corrected chi connectivity index (χ4v) is 0.289. The van der Waals surface area contributed by atoms with Crippen molar-refractivity contribution < 1.29 is 5.48 Å². The van der Waals surface area contributed by atoms with Crippen molar-refractivity contribution in [1.82, 2.24) is 0 Å². The van der Waals surface area contributed by atoms with Crippen molar-refractivity contribution in [2.75, 3.05) is 6.67 Å². The standard InChI is InChI=1S/C6H14.CH6N2.H2O/c1-4-6(3)5-2;2-1-3;/h6H,4-5H2,1-3H3;1-3H2;1H2. The van der Waals surface area contributed by atoms with Gasteiger partial charge in [0.15, 0.2) is 0 Å². The molecule has 0 aliphatic heterocycles. The molecule has 0 bridgehead atoms. The molecule has 0 unspecified atom stereocenters. The molecule has 10 heavy (non-hydrogen) atoms. The van der Waals surface area contributed by atoms with E-state index >= 15 is 0 Å². The zero-order valence-corrected chi connectivity index (χ0v) is 7.35. The van der Waals surface area contributed by atoms with Crippen LogP contribution in [-0.2, 0) is 0 Å². The quantitative estimate of drug-likeness (QED) is 0.561. The Balaban J connectivity index is -0.000000107. The van der Waals surface area contributed by atoms with Crippen LogP contribution < -0.4 is 11.5 Å². The lowest BCUT2D eigenvalue weighted by Crippen LogP contribution is -2.08. The Labute approximate surface area is 64.1 Å². The number of nitrogens with two attached hydrogens (primary N) is 2. The maximum absolute atomic E-state index is 4.62. The van der Waals surface area contributed by atoms with Gasteiger partial charge >= 0.3 is 0 Å². The topological polar surface area (TPSA) is 83.5 Å². The first-order chi connectivity index (χ1) is 4.22. The van der Waals surface area contributed by atoms with Crippen molar-refractivity contribution in [3.63, 3.8) is 0 Å². The highest BCUT2D eigenvalue weighted by atomic mass is 16.0. The second kappa shape index (κ2) is 15.9. The van der Waals surface area contributed by atoms with E-state index in [1.807, 2.05) is 0 Å². The average Bonchev–Trinajstić information content (AvgIpc) is 1.88. The summed E-state index contributed by atoms with van der Waals surface area (Å²) in [5.41, 5.74) is 9.25. The predicted molar refractivity (Wildman–Crippen MR) is 46.6 cm³/mol. The molecule has 0 saturated heterocycles. The monoisotopic (exact) mass is 150 g/mol. The summed E-state index contributed by atoms with van der Waals surface area (Å²) < 4.78 is 0. The van der Waals surface area contributed by atoms with Crippen LogP contribution in [0.4, 0.5) is 0 Å². The van der Waals surface area contributed by atoms with Gasteiger partial charge in [0, 0.05) is 6.67 Å². The van der Waals surface area contributed by atoms with Crippen LogP contribution in [0.2, 0.25) is 0 Å². The molecule has 3 heteroatoms. The minimum Gasteiger partial charge on any atom is -0.412 e. The molecular formula is C7H22N2O. The van der Waals surface area contributed by atoms with E-state index in [1.165, 1.54) is 12.8 Å². The number of rotatable bonds is 2. The van der Waals surface area contributed by atoms with Crippen LogP contribution in [0.3, 0.4) is 0 Å². The molecular weight excluding hydrogens is 128 g/mol. The van der Waals surface area contributed by atoms with Crippen molar-refractivity contribution in [2.24, 2.45) is 17.4 Å². The second-order valence-corrected chi connectivity index (χ2v) is 2.16. The molecule has 0 aromatic carbocycles. The van der Waals surface area contributed by atoms with Gasteiger partial charge in [-0.25, -0.2) is 0 Å². The maximum atomic E-state index is 4.62. The first-order valence-electron chi connectivity index (χ1n) is 3.62. The summed E-state index contributed by atoms with van der Waals surface area (Å²) >= 11 is 0. The summed E-state index contributed by atoms with van der Waals surface area (Å²) in [5.74, 6) is 0.935. The molecule has 3 nitrogen and oxygen atoms in total. The van der Waals surface area contributed by atoms with E-state index in [4.69, 9.17) is 0 Å². The van der Waals surface area contributed by atoms with E-state index < -0.39 is 0 Å². The van der Waals surface area contributed by atoms with Crippen molar-refractivity contribution >= 4 is 0 Å². The van der Waals surface area contributed by atoms with Gasteiger partial charge in [0.2, 0.25) is 0 Å². The molecule has 0 heterocycles. The lowest BCUT2D eigenvalue weighted by molar-refractivity contribution is 0.544. The Kier molecular flexibility index (Phi) is 26.2. The van der Waals surface area contributed by atoms with Gasteiger partial charge in [-0.2, -0.15) is 0 Å². The molecule has 0 aromatic rings. The molecule has 66 valence electrons. The first-order valence-corrected chi connectivity index (χ1v) is 3.62. The van der Waals surface area contributed by atoms with Gasteiger partial charge in [-0.05, 0) is 5.92 Å². The smallest absolute Gasteiger partial charge is 0.0403 e. The van der Waals surface area contributed by atoms with E-state index in [0.29, 0.717) is 0 Å². The summed E-state index contributed by atoms with van der Waals surface area (Å²) in [4.78, 5) is 0. The third kappa shape index (κ3) is 24.8. The van der Waals surface area contributed by atoms with Crippen LogP contribution in [0.5, 0.6) is 0 Å². The third-order valence-electron chi connectivity index (χ3n) is 1.39. The Hall–Kier alpha value is -0.120. The average molecular weight is 150 g/mol. The minimum atomic E-state index is 0. The van der Waals surface area contributed by atoms with Gasteiger partial charge in [-0.15, -0.1) is 0 Å². The highest BCUT2D eigenvalue weighted by molar-refractivity contribution is 4.41. The van der Waals surface area contributed by atoms with Crippen molar-refractivity contribution in [3.05, 3.63) is 0 Å². The van der Waals surface area contributed by atoms with E-state index in [0.717, 1.165) is 5.92 Å². The largest absolute Gasteiger partial charge is 0.412 e. The molecule has 0 aliphatic carbocycles. The second-order valence-electron chi connectivity index (χ2n) is 2.16. The Morgan fingerprint density at radius 3 is 1.30 bits per heavy atom. The zero-order valence-electron chi connectivity index (χ0n) is 7.35. The lowest BCUT2D eigenvalue weighted by atomic mass is 10.1. The molecule has 0 rings (SSSR count). The summed E-state index contributed by atoms with van der Waals surface area (Å²) in [7, 11) is 0. The first kappa shape index (κ1) is 16.5. The normalized spacial score (nSPS) is 7.80. The summed E-state index contributed by atoms with van der Waals surface area (Å²) in [6.45, 7) is 6.99. The van der Waals surface area contributed by atoms with E-state index in [2.05, 4.69) is 32.2 Å². The van der Waals surface area contributed by atoms with Crippen LogP contribution in [0.25, 0.3) is 0 Å². The summed E-state index contributed by atoms with van der Waals surface area (Å²) in [6.07, 6.45) is 2.66. The molecule has 0 aromatic heterocycles. The van der Waals surface area contributed by atoms with Gasteiger partial charge in [-0.1, -0.05) is 33.6 Å². The predicted octanol–water partition coefficient (Wildman–Crippen LogP) is 0.479. The van der Waals surface area contributed by atoms with Crippen LogP contribution in [0.1, 0.15) is 33.6 Å². The Bertz CT molecular complexity index is 38.6. The Morgan fingerprint density at radius 2 is 1.30 bits per heavy atom. The molecule has 0 aliphatic rings. The van der Waals surface area contributed by atoms with Gasteiger partial charge in [-0.3, -0.25) is 0 Å². The molecule has 0 amide bonds. The highest BCUT2D eigenvalue weighted by Crippen LogP contribution is 2.02. The molecule has 0 radical (unpaired) electrons. The van der Waals surface area contributed by atoms with E-state index in [-0.39, 0.29) is 12.1 Å². The molecule has 0 saturated carbocycles. The van der Waals surface area contributed by atoms with Crippen LogP contribution in [0.15, 0.2) is 0 Å². The summed E-state index contributed by atoms with van der Waals surface area (Å²) in [5, 5.41) is 0. The Morgan fingerprint density at radius 1 is 1.10 bits per heavy atom. The maximum Gasteiger partial charge on any atom is 0.0403 e. The number of hydrogen-bond acceptors (Lipinski definition) is 2. The highest BCUT2D eigenvalue weighted by Gasteiger charge is 1.88. The van der Waals surface area contributed by atoms with Crippen molar-refractivity contribution in [2.45, 2.75) is 33.6 Å². The zero-order chi connectivity index (χ0) is 7.70. The SMILES string of the molecule is CCC(C)CC.NCN.O. The minimum absolute atomic E-state index is 0. The van der Waals surface area contributed by atoms with Gasteiger partial charge in [0.1, 0.15) is 0 Å². The number of hydrogen-bond donors (Lipinski definition) is 2. The van der Waals surface area contributed by atoms with Gasteiger partial charge in [0.05, 0.1) is 0 Å². The third-order valence-corrected chi connectivity index (χ3v) is 1.39. The molecule has 6 N–H and O–H groups in total. The van der Waals surface area contributed by atoms with Gasteiger partial charge in [0.25, 0.3) is 0 Å². The molecule has 0 atom stereocenters. The van der Waals surface area contributed by atoms with Crippen LogP contribution in [0, 0.1) is 5.92 Å². The fourth-order valence-electron chi connectivity index (χ4n) is 0.289. The molecule has 0 fully saturated rings.